The summed E-state index contributed by atoms with van der Waals surface area (Å²) in [7, 11) is 0. The van der Waals surface area contributed by atoms with E-state index in [9.17, 15) is 18.0 Å². The van der Waals surface area contributed by atoms with Crippen molar-refractivity contribution in [2.24, 2.45) is 0 Å². The maximum Gasteiger partial charge on any atom is 0.416 e. The summed E-state index contributed by atoms with van der Waals surface area (Å²) in [5, 5.41) is 5.87. The van der Waals surface area contributed by atoms with E-state index < -0.39 is 17.6 Å². The van der Waals surface area contributed by atoms with Gasteiger partial charge in [-0.25, -0.2) is 19.9 Å². The molecule has 5 rings (SSSR count). The van der Waals surface area contributed by atoms with Crippen LogP contribution in [0.2, 0.25) is 0 Å². The number of amides is 1. The second-order valence-corrected chi connectivity index (χ2v) is 8.16. The first-order valence-corrected chi connectivity index (χ1v) is 11.0. The average Bonchev–Trinajstić information content (AvgIpc) is 3.34. The minimum absolute atomic E-state index is 0.348. The van der Waals surface area contributed by atoms with Crippen LogP contribution in [-0.4, -0.2) is 35.8 Å². The van der Waals surface area contributed by atoms with Crippen molar-refractivity contribution in [3.05, 3.63) is 83.8 Å². The molecule has 9 nitrogen and oxygen atoms in total. The second kappa shape index (κ2) is 9.30. The Morgan fingerprint density at radius 3 is 2.62 bits per heavy atom. The molecule has 0 aliphatic heterocycles. The van der Waals surface area contributed by atoms with E-state index in [1.165, 1.54) is 0 Å². The van der Waals surface area contributed by atoms with Crippen molar-refractivity contribution < 1.29 is 18.0 Å². The van der Waals surface area contributed by atoms with Crippen molar-refractivity contribution in [1.29, 1.82) is 0 Å². The van der Waals surface area contributed by atoms with Gasteiger partial charge in [0, 0.05) is 29.3 Å². The predicted octanol–water partition coefficient (Wildman–Crippen LogP) is 5.44. The van der Waals surface area contributed by atoms with Crippen LogP contribution in [0.3, 0.4) is 0 Å². The Bertz CT molecular complexity index is 1630. The van der Waals surface area contributed by atoms with Crippen LogP contribution in [0, 0.1) is 13.8 Å². The number of halogens is 3. The van der Waals surface area contributed by atoms with Crippen LogP contribution < -0.4 is 10.6 Å². The molecule has 0 radical (unpaired) electrons. The fourth-order valence-corrected chi connectivity index (χ4v) is 3.72. The number of nitrogens with one attached hydrogen (secondary N) is 3. The summed E-state index contributed by atoms with van der Waals surface area (Å²) < 4.78 is 39.1. The zero-order chi connectivity index (χ0) is 26.2. The molecule has 4 heterocycles. The van der Waals surface area contributed by atoms with Crippen molar-refractivity contribution in [2.45, 2.75) is 20.0 Å². The first-order chi connectivity index (χ1) is 17.7. The van der Waals surface area contributed by atoms with E-state index in [4.69, 9.17) is 0 Å². The average molecular weight is 504 g/mol. The number of nitrogens with zero attached hydrogens (tertiary/aromatic N) is 5. The van der Waals surface area contributed by atoms with Crippen LogP contribution in [0.25, 0.3) is 22.4 Å². The molecule has 0 atom stereocenters. The van der Waals surface area contributed by atoms with Crippen molar-refractivity contribution in [2.75, 3.05) is 10.6 Å². The maximum absolute atomic E-state index is 13.0. The molecule has 5 aromatic rings. The van der Waals surface area contributed by atoms with Gasteiger partial charge in [-0.15, -0.1) is 0 Å². The summed E-state index contributed by atoms with van der Waals surface area (Å²) in [6.07, 6.45) is -0.458. The van der Waals surface area contributed by atoms with Gasteiger partial charge in [-0.1, -0.05) is 6.07 Å². The summed E-state index contributed by atoms with van der Waals surface area (Å²) in [4.78, 5) is 37.1. The van der Waals surface area contributed by atoms with E-state index in [1.54, 1.807) is 43.7 Å². The Hall–Kier alpha value is -4.87. The van der Waals surface area contributed by atoms with Gasteiger partial charge in [0.1, 0.15) is 28.5 Å². The van der Waals surface area contributed by atoms with Gasteiger partial charge in [0.15, 0.2) is 5.65 Å². The summed E-state index contributed by atoms with van der Waals surface area (Å²) in [5.41, 5.74) is 3.00. The number of carbonyl (C=O) groups is 1. The first kappa shape index (κ1) is 23.9. The molecule has 0 spiro atoms. The number of hydrogen-bond donors (Lipinski definition) is 3. The number of hydrogen-bond acceptors (Lipinski definition) is 7. The largest absolute Gasteiger partial charge is 0.416 e. The number of pyridine rings is 2. The normalized spacial score (nSPS) is 11.5. The number of benzene rings is 1. The number of anilines is 3. The molecule has 0 saturated carbocycles. The number of alkyl halides is 3. The van der Waals surface area contributed by atoms with Crippen LogP contribution in [0.4, 0.5) is 30.4 Å². The van der Waals surface area contributed by atoms with Crippen molar-refractivity contribution >= 4 is 34.3 Å². The SMILES string of the molecule is Cc1nc(-c2cccnc2Nc2cc(NC(=O)c3cc(C(F)(F)F)ccn3)ccc2C)c2nc[nH]c2n1. The highest BCUT2D eigenvalue weighted by atomic mass is 19.4. The van der Waals surface area contributed by atoms with Gasteiger partial charge in [-0.05, 0) is 55.8 Å². The number of imidazole rings is 1. The summed E-state index contributed by atoms with van der Waals surface area (Å²) in [6.45, 7) is 3.65. The lowest BCUT2D eigenvalue weighted by Gasteiger charge is -2.15. The van der Waals surface area contributed by atoms with Crippen LogP contribution >= 0.6 is 0 Å². The monoisotopic (exact) mass is 504 g/mol. The molecule has 3 N–H and O–H groups in total. The smallest absolute Gasteiger partial charge is 0.339 e. The molecule has 0 bridgehead atoms. The van der Waals surface area contributed by atoms with Crippen LogP contribution in [0.15, 0.2) is 61.2 Å². The topological polar surface area (TPSA) is 121 Å². The molecule has 1 aromatic carbocycles. The lowest BCUT2D eigenvalue weighted by atomic mass is 10.1. The minimum Gasteiger partial charge on any atom is -0.339 e. The highest BCUT2D eigenvalue weighted by Crippen LogP contribution is 2.33. The predicted molar refractivity (Wildman–Crippen MR) is 131 cm³/mol. The summed E-state index contributed by atoms with van der Waals surface area (Å²) in [5.74, 6) is 0.290. The molecular formula is C25H19F3N8O. The van der Waals surface area contributed by atoms with Gasteiger partial charge >= 0.3 is 6.18 Å². The Balaban J connectivity index is 1.45. The van der Waals surface area contributed by atoms with E-state index in [0.717, 1.165) is 17.8 Å². The number of aromatic amines is 1. The highest BCUT2D eigenvalue weighted by Gasteiger charge is 2.31. The van der Waals surface area contributed by atoms with Crippen LogP contribution in [0.5, 0.6) is 0 Å². The lowest BCUT2D eigenvalue weighted by molar-refractivity contribution is -0.137. The maximum atomic E-state index is 13.0. The lowest BCUT2D eigenvalue weighted by Crippen LogP contribution is -2.15. The van der Waals surface area contributed by atoms with Gasteiger partial charge in [0.05, 0.1) is 11.9 Å². The van der Waals surface area contributed by atoms with E-state index >= 15 is 0 Å². The molecule has 4 aromatic heterocycles. The fourth-order valence-electron chi connectivity index (χ4n) is 3.72. The number of rotatable bonds is 5. The Morgan fingerprint density at radius 2 is 1.81 bits per heavy atom. The molecular weight excluding hydrogens is 485 g/mol. The standard InChI is InChI=1S/C25H19F3N8O/c1-13-5-6-16(35-24(37)19-10-15(7-9-29-19)25(26,27)28)11-18(13)36-22-17(4-3-8-30-22)20-21-23(32-12-31-21)34-14(2)33-20/h3-12H,1-2H3,(H,30,36)(H,35,37)(H,31,32,33,34). The van der Waals surface area contributed by atoms with Crippen LogP contribution in [0.1, 0.15) is 27.4 Å². The van der Waals surface area contributed by atoms with Gasteiger partial charge in [0.25, 0.3) is 5.91 Å². The van der Waals surface area contributed by atoms with Crippen LogP contribution in [-0.2, 0) is 6.18 Å². The first-order valence-electron chi connectivity index (χ1n) is 11.0. The Kier molecular flexibility index (Phi) is 5.99. The molecule has 0 saturated heterocycles. The third-order valence-corrected chi connectivity index (χ3v) is 5.52. The molecule has 0 aliphatic carbocycles. The van der Waals surface area contributed by atoms with Crippen molar-refractivity contribution in [3.63, 3.8) is 0 Å². The number of fused-ring (bicyclic) bond motifs is 1. The van der Waals surface area contributed by atoms with Gasteiger partial charge in [-0.3, -0.25) is 9.78 Å². The molecule has 0 unspecified atom stereocenters. The molecule has 0 fully saturated rings. The van der Waals surface area contributed by atoms with Crippen molar-refractivity contribution in [3.8, 4) is 11.3 Å². The molecule has 12 heteroatoms. The quantitative estimate of drug-likeness (QED) is 0.291. The summed E-state index contributed by atoms with van der Waals surface area (Å²) >= 11 is 0. The number of aryl methyl sites for hydroxylation is 2. The zero-order valence-electron chi connectivity index (χ0n) is 19.6. The fraction of sp³-hybridized carbons (Fsp3) is 0.120. The zero-order valence-corrected chi connectivity index (χ0v) is 19.6. The van der Waals surface area contributed by atoms with E-state index in [2.05, 4.69) is 40.5 Å². The molecule has 37 heavy (non-hydrogen) atoms. The molecule has 0 aliphatic rings. The second-order valence-electron chi connectivity index (χ2n) is 8.16. The van der Waals surface area contributed by atoms with Gasteiger partial charge in [-0.2, -0.15) is 13.2 Å². The number of aromatic nitrogens is 6. The number of H-pyrrole nitrogens is 1. The highest BCUT2D eigenvalue weighted by molar-refractivity contribution is 6.03. The van der Waals surface area contributed by atoms with Crippen molar-refractivity contribution in [1.82, 2.24) is 29.9 Å². The van der Waals surface area contributed by atoms with E-state index in [1.807, 2.05) is 13.0 Å². The van der Waals surface area contributed by atoms with E-state index in [0.29, 0.717) is 51.5 Å². The summed E-state index contributed by atoms with van der Waals surface area (Å²) in [6, 6.07) is 10.2. The molecule has 186 valence electrons. The third kappa shape index (κ3) is 4.94. The Labute approximate surface area is 208 Å². The third-order valence-electron chi connectivity index (χ3n) is 5.52. The van der Waals surface area contributed by atoms with Gasteiger partial charge in [0.2, 0.25) is 0 Å². The minimum atomic E-state index is -4.58. The number of carbonyl (C=O) groups excluding carboxylic acids is 1. The molecule has 1 amide bonds. The Morgan fingerprint density at radius 1 is 0.973 bits per heavy atom. The van der Waals surface area contributed by atoms with E-state index in [-0.39, 0.29) is 5.69 Å². The van der Waals surface area contributed by atoms with Gasteiger partial charge < -0.3 is 15.6 Å².